The second kappa shape index (κ2) is 5.77. The van der Waals surface area contributed by atoms with Crippen LogP contribution in [-0.4, -0.2) is 33.9 Å². The smallest absolute Gasteiger partial charge is 0.269 e. The predicted molar refractivity (Wildman–Crippen MR) is 67.0 cm³/mol. The quantitative estimate of drug-likeness (QED) is 0.724. The van der Waals surface area contributed by atoms with Crippen LogP contribution >= 0.6 is 0 Å². The van der Waals surface area contributed by atoms with Gasteiger partial charge >= 0.3 is 0 Å². The van der Waals surface area contributed by atoms with Crippen molar-refractivity contribution in [1.82, 2.24) is 10.2 Å². The first-order valence-corrected chi connectivity index (χ1v) is 6.20. The number of amides is 1. The lowest BCUT2D eigenvalue weighted by Gasteiger charge is -2.25. The lowest BCUT2D eigenvalue weighted by Crippen LogP contribution is -2.25. The largest absolute Gasteiger partial charge is 0.393 e. The normalized spacial score (nSPS) is 23.6. The summed E-state index contributed by atoms with van der Waals surface area (Å²) in [6.45, 7) is 0.766. The second-order valence-corrected chi connectivity index (χ2v) is 4.74. The summed E-state index contributed by atoms with van der Waals surface area (Å²) in [5, 5.41) is 20.3. The Morgan fingerprint density at radius 3 is 2.89 bits per heavy atom. The summed E-state index contributed by atoms with van der Waals surface area (Å²) in [7, 11) is 0. The Labute approximate surface area is 106 Å². The molecule has 1 aliphatic carbocycles. The summed E-state index contributed by atoms with van der Waals surface area (Å²) < 4.78 is 0. The lowest BCUT2D eigenvalue weighted by atomic mass is 9.87. The zero-order chi connectivity index (χ0) is 13.0. The zero-order valence-electron chi connectivity index (χ0n) is 10.2. The van der Waals surface area contributed by atoms with Crippen molar-refractivity contribution in [3.63, 3.8) is 0 Å². The molecule has 0 bridgehead atoms. The molecule has 0 aromatic carbocycles. The highest BCUT2D eigenvalue weighted by molar-refractivity contribution is 5.90. The van der Waals surface area contributed by atoms with Gasteiger partial charge in [-0.25, -0.2) is 0 Å². The number of rotatable bonds is 4. The molecule has 2 atom stereocenters. The molecule has 6 heteroatoms. The third-order valence-electron chi connectivity index (χ3n) is 3.24. The molecule has 98 valence electrons. The number of carbonyl (C=O) groups is 1. The van der Waals surface area contributed by atoms with Gasteiger partial charge in [0.1, 0.15) is 5.82 Å². The van der Waals surface area contributed by atoms with Gasteiger partial charge in [0.25, 0.3) is 5.91 Å². The molecule has 0 radical (unpaired) electrons. The maximum absolute atomic E-state index is 10.8. The number of aliphatic hydroxyl groups excluding tert-OH is 1. The van der Waals surface area contributed by atoms with Gasteiger partial charge in [0.05, 0.1) is 6.10 Å². The van der Waals surface area contributed by atoms with E-state index in [0.29, 0.717) is 11.7 Å². The van der Waals surface area contributed by atoms with Gasteiger partial charge in [-0.3, -0.25) is 4.79 Å². The Hall–Kier alpha value is -1.69. The lowest BCUT2D eigenvalue weighted by molar-refractivity contribution is 0.0993. The highest BCUT2D eigenvalue weighted by Gasteiger charge is 2.19. The van der Waals surface area contributed by atoms with Crippen LogP contribution < -0.4 is 11.1 Å². The van der Waals surface area contributed by atoms with E-state index in [9.17, 15) is 9.90 Å². The first-order chi connectivity index (χ1) is 8.65. The van der Waals surface area contributed by atoms with Gasteiger partial charge in [-0.05, 0) is 37.3 Å². The van der Waals surface area contributed by atoms with E-state index in [2.05, 4.69) is 15.5 Å². The fourth-order valence-corrected chi connectivity index (χ4v) is 2.25. The number of nitrogens with two attached hydrogens (primary N) is 1. The zero-order valence-corrected chi connectivity index (χ0v) is 10.2. The molecule has 0 spiro atoms. The minimum Gasteiger partial charge on any atom is -0.393 e. The highest BCUT2D eigenvalue weighted by Crippen LogP contribution is 2.24. The SMILES string of the molecule is NC(=O)c1ccc(NCC2CCCC(O)C2)nn1. The fraction of sp³-hybridized carbons (Fsp3) is 0.583. The molecule has 0 saturated heterocycles. The van der Waals surface area contributed by atoms with Crippen molar-refractivity contribution < 1.29 is 9.90 Å². The summed E-state index contributed by atoms with van der Waals surface area (Å²) in [6.07, 6.45) is 3.76. The third-order valence-corrected chi connectivity index (χ3v) is 3.24. The molecule has 4 N–H and O–H groups in total. The van der Waals surface area contributed by atoms with Crippen molar-refractivity contribution in [2.45, 2.75) is 31.8 Å². The Morgan fingerprint density at radius 1 is 1.44 bits per heavy atom. The van der Waals surface area contributed by atoms with Crippen molar-refractivity contribution in [1.29, 1.82) is 0 Å². The third kappa shape index (κ3) is 3.40. The molecule has 1 saturated carbocycles. The average Bonchev–Trinajstić information content (AvgIpc) is 2.37. The summed E-state index contributed by atoms with van der Waals surface area (Å²) in [5.74, 6) is 0.510. The van der Waals surface area contributed by atoms with E-state index in [0.717, 1.165) is 32.2 Å². The average molecular weight is 250 g/mol. The van der Waals surface area contributed by atoms with Crippen LogP contribution in [0, 0.1) is 5.92 Å². The van der Waals surface area contributed by atoms with Gasteiger partial charge in [-0.1, -0.05) is 6.42 Å². The van der Waals surface area contributed by atoms with Crippen LogP contribution in [0.5, 0.6) is 0 Å². The van der Waals surface area contributed by atoms with Gasteiger partial charge in [-0.2, -0.15) is 0 Å². The van der Waals surface area contributed by atoms with Crippen LogP contribution in [0.1, 0.15) is 36.2 Å². The van der Waals surface area contributed by atoms with Crippen LogP contribution in [0.4, 0.5) is 5.82 Å². The van der Waals surface area contributed by atoms with Crippen LogP contribution in [0.15, 0.2) is 12.1 Å². The molecule has 1 amide bonds. The summed E-state index contributed by atoms with van der Waals surface area (Å²) >= 11 is 0. The van der Waals surface area contributed by atoms with E-state index in [1.165, 1.54) is 0 Å². The van der Waals surface area contributed by atoms with Crippen molar-refractivity contribution >= 4 is 11.7 Å². The Balaban J connectivity index is 1.84. The van der Waals surface area contributed by atoms with E-state index in [1.54, 1.807) is 12.1 Å². The molecule has 6 nitrogen and oxygen atoms in total. The standard InChI is InChI=1S/C12H18N4O2/c13-12(18)10-4-5-11(16-15-10)14-7-8-2-1-3-9(17)6-8/h4-5,8-9,17H,1-3,6-7H2,(H2,13,18)(H,14,16). The number of nitrogens with zero attached hydrogens (tertiary/aromatic N) is 2. The minimum atomic E-state index is -0.579. The molecule has 2 rings (SSSR count). The first kappa shape index (κ1) is 12.8. The summed E-state index contributed by atoms with van der Waals surface area (Å²) in [5.41, 5.74) is 5.24. The molecule has 18 heavy (non-hydrogen) atoms. The number of nitrogens with one attached hydrogen (secondary N) is 1. The van der Waals surface area contributed by atoms with Crippen LogP contribution in [-0.2, 0) is 0 Å². The Morgan fingerprint density at radius 2 is 2.28 bits per heavy atom. The van der Waals surface area contributed by atoms with Gasteiger partial charge < -0.3 is 16.2 Å². The van der Waals surface area contributed by atoms with Gasteiger partial charge in [0.15, 0.2) is 5.69 Å². The van der Waals surface area contributed by atoms with E-state index in [4.69, 9.17) is 5.73 Å². The molecule has 1 aromatic rings. The second-order valence-electron chi connectivity index (χ2n) is 4.74. The maximum Gasteiger partial charge on any atom is 0.269 e. The number of primary amides is 1. The number of hydrogen-bond donors (Lipinski definition) is 3. The first-order valence-electron chi connectivity index (χ1n) is 6.20. The van der Waals surface area contributed by atoms with Crippen LogP contribution in [0.2, 0.25) is 0 Å². The van der Waals surface area contributed by atoms with E-state index in [-0.39, 0.29) is 11.8 Å². The molecule has 1 heterocycles. The van der Waals surface area contributed by atoms with Gasteiger partial charge in [-0.15, -0.1) is 10.2 Å². The van der Waals surface area contributed by atoms with E-state index >= 15 is 0 Å². The van der Waals surface area contributed by atoms with E-state index < -0.39 is 5.91 Å². The number of aromatic nitrogens is 2. The number of hydrogen-bond acceptors (Lipinski definition) is 5. The molecule has 1 fully saturated rings. The Kier molecular flexibility index (Phi) is 4.09. The fourth-order valence-electron chi connectivity index (χ4n) is 2.25. The summed E-state index contributed by atoms with van der Waals surface area (Å²) in [6, 6.07) is 3.24. The predicted octanol–water partition coefficient (Wildman–Crippen LogP) is 0.538. The van der Waals surface area contributed by atoms with Crippen molar-refractivity contribution in [2.24, 2.45) is 11.7 Å². The summed E-state index contributed by atoms with van der Waals surface area (Å²) in [4.78, 5) is 10.8. The number of anilines is 1. The van der Waals surface area contributed by atoms with Crippen molar-refractivity contribution in [3.8, 4) is 0 Å². The topological polar surface area (TPSA) is 101 Å². The molecular weight excluding hydrogens is 232 g/mol. The molecule has 1 aromatic heterocycles. The van der Waals surface area contributed by atoms with Gasteiger partial charge in [0, 0.05) is 6.54 Å². The van der Waals surface area contributed by atoms with Crippen LogP contribution in [0.25, 0.3) is 0 Å². The van der Waals surface area contributed by atoms with E-state index in [1.807, 2.05) is 0 Å². The number of aliphatic hydroxyl groups is 1. The van der Waals surface area contributed by atoms with Crippen LogP contribution in [0.3, 0.4) is 0 Å². The molecular formula is C12H18N4O2. The van der Waals surface area contributed by atoms with Gasteiger partial charge in [0.2, 0.25) is 0 Å². The monoisotopic (exact) mass is 250 g/mol. The molecule has 0 aliphatic heterocycles. The molecule has 2 unspecified atom stereocenters. The maximum atomic E-state index is 10.8. The van der Waals surface area contributed by atoms with Crippen molar-refractivity contribution in [3.05, 3.63) is 17.8 Å². The minimum absolute atomic E-state index is 0.161. The highest BCUT2D eigenvalue weighted by atomic mass is 16.3. The van der Waals surface area contributed by atoms with Crippen molar-refractivity contribution in [2.75, 3.05) is 11.9 Å². The molecule has 1 aliphatic rings. The number of carbonyl (C=O) groups excluding carboxylic acids is 1. The Bertz CT molecular complexity index is 407.